The van der Waals surface area contributed by atoms with Gasteiger partial charge in [-0.2, -0.15) is 5.26 Å². The fraction of sp³-hybridized carbons (Fsp3) is 0.250. The van der Waals surface area contributed by atoms with Crippen molar-refractivity contribution in [1.29, 1.82) is 5.26 Å². The van der Waals surface area contributed by atoms with E-state index in [-0.39, 0.29) is 13.4 Å². The fourth-order valence-corrected chi connectivity index (χ4v) is 1.51. The highest BCUT2D eigenvalue weighted by molar-refractivity contribution is 6.02. The predicted octanol–water partition coefficient (Wildman–Crippen LogP) is 0.579. The summed E-state index contributed by atoms with van der Waals surface area (Å²) >= 11 is 0. The Morgan fingerprint density at radius 1 is 1.42 bits per heavy atom. The molecule has 0 bridgehead atoms. The minimum absolute atomic E-state index is 0.0456. The molecule has 1 aromatic rings. The molecule has 2 N–H and O–H groups in total. The van der Waals surface area contributed by atoms with E-state index in [2.05, 4.69) is 10.6 Å². The topological polar surface area (TPSA) is 100 Å². The second-order valence-corrected chi connectivity index (χ2v) is 3.78. The van der Waals surface area contributed by atoms with Crippen LogP contribution in [0.1, 0.15) is 5.56 Å². The molecule has 3 amide bonds. The Kier molecular flexibility index (Phi) is 4.07. The molecular formula is C12H11N3O4. The molecule has 2 rings (SSSR count). The third-order valence-electron chi connectivity index (χ3n) is 2.40. The van der Waals surface area contributed by atoms with Crippen molar-refractivity contribution in [1.82, 2.24) is 5.32 Å². The van der Waals surface area contributed by atoms with Gasteiger partial charge in [0.05, 0.1) is 18.2 Å². The number of ether oxygens (including phenoxy) is 2. The number of amides is 3. The van der Waals surface area contributed by atoms with Crippen molar-refractivity contribution in [2.75, 3.05) is 18.7 Å². The molecule has 7 nitrogen and oxygen atoms in total. The maximum Gasteiger partial charge on any atom is 0.325 e. The van der Waals surface area contributed by atoms with Crippen molar-refractivity contribution in [3.05, 3.63) is 29.8 Å². The van der Waals surface area contributed by atoms with Crippen LogP contribution in [0.5, 0.6) is 0 Å². The number of hydrogen-bond donors (Lipinski definition) is 2. The molecule has 1 fully saturated rings. The lowest BCUT2D eigenvalue weighted by molar-refractivity contribution is -0.128. The smallest absolute Gasteiger partial charge is 0.325 e. The lowest BCUT2D eigenvalue weighted by Crippen LogP contribution is -2.41. The van der Waals surface area contributed by atoms with E-state index in [0.717, 1.165) is 0 Å². The predicted molar refractivity (Wildman–Crippen MR) is 64.0 cm³/mol. The summed E-state index contributed by atoms with van der Waals surface area (Å²) in [7, 11) is 0. The van der Waals surface area contributed by atoms with Crippen LogP contribution < -0.4 is 10.6 Å². The minimum Gasteiger partial charge on any atom is -0.352 e. The largest absolute Gasteiger partial charge is 0.352 e. The second-order valence-electron chi connectivity index (χ2n) is 3.78. The summed E-state index contributed by atoms with van der Waals surface area (Å²) in [6.45, 7) is 0.174. The van der Waals surface area contributed by atoms with Crippen molar-refractivity contribution < 1.29 is 19.1 Å². The van der Waals surface area contributed by atoms with Crippen LogP contribution in [-0.4, -0.2) is 31.4 Å². The number of nitriles is 1. The van der Waals surface area contributed by atoms with Gasteiger partial charge in [-0.25, -0.2) is 4.79 Å². The number of nitrogens with one attached hydrogen (secondary N) is 2. The Balaban J connectivity index is 1.90. The number of benzene rings is 1. The van der Waals surface area contributed by atoms with E-state index in [9.17, 15) is 9.59 Å². The summed E-state index contributed by atoms with van der Waals surface area (Å²) < 4.78 is 9.80. The first kappa shape index (κ1) is 13.0. The Morgan fingerprint density at radius 2 is 2.26 bits per heavy atom. The monoisotopic (exact) mass is 261 g/mol. The molecule has 1 heterocycles. The molecule has 0 spiro atoms. The van der Waals surface area contributed by atoms with Gasteiger partial charge in [0.1, 0.15) is 6.79 Å². The molecule has 0 aromatic heterocycles. The number of rotatable bonds is 2. The van der Waals surface area contributed by atoms with Crippen LogP contribution in [0.2, 0.25) is 0 Å². The summed E-state index contributed by atoms with van der Waals surface area (Å²) in [6, 6.07) is 7.61. The average Bonchev–Trinajstić information content (AvgIpc) is 2.92. The maximum atomic E-state index is 11.6. The summed E-state index contributed by atoms with van der Waals surface area (Å²) in [5.41, 5.74) is 0.838. The first-order valence-electron chi connectivity index (χ1n) is 5.50. The highest BCUT2D eigenvalue weighted by Crippen LogP contribution is 2.09. The standard InChI is InChI=1S/C12H11N3O4/c13-5-8-2-1-3-9(4-8)14-12(17)15-11(16)10-6-18-7-19-10/h1-4,10H,6-7H2,(H2,14,15,16,17). The van der Waals surface area contributed by atoms with E-state index in [1.807, 2.05) is 6.07 Å². The first-order valence-corrected chi connectivity index (χ1v) is 5.50. The van der Waals surface area contributed by atoms with Gasteiger partial charge in [0, 0.05) is 5.69 Å². The molecular weight excluding hydrogens is 250 g/mol. The Hall–Kier alpha value is -2.43. The molecule has 19 heavy (non-hydrogen) atoms. The normalized spacial score (nSPS) is 17.5. The molecule has 1 saturated heterocycles. The van der Waals surface area contributed by atoms with Crippen molar-refractivity contribution >= 4 is 17.6 Å². The number of urea groups is 1. The molecule has 0 saturated carbocycles. The molecule has 7 heteroatoms. The zero-order valence-corrected chi connectivity index (χ0v) is 9.88. The third-order valence-corrected chi connectivity index (χ3v) is 2.40. The number of anilines is 1. The van der Waals surface area contributed by atoms with Gasteiger partial charge in [-0.3, -0.25) is 10.1 Å². The van der Waals surface area contributed by atoms with Gasteiger partial charge in [-0.1, -0.05) is 6.07 Å². The van der Waals surface area contributed by atoms with Gasteiger partial charge >= 0.3 is 6.03 Å². The van der Waals surface area contributed by atoms with Crippen LogP contribution in [0.3, 0.4) is 0 Å². The molecule has 1 atom stereocenters. The zero-order chi connectivity index (χ0) is 13.7. The Bertz CT molecular complexity index is 532. The Labute approximate surface area is 109 Å². The maximum absolute atomic E-state index is 11.6. The average molecular weight is 261 g/mol. The van der Waals surface area contributed by atoms with Gasteiger partial charge < -0.3 is 14.8 Å². The molecule has 1 aliphatic rings. The number of nitrogens with zero attached hydrogens (tertiary/aromatic N) is 1. The van der Waals surface area contributed by atoms with E-state index in [4.69, 9.17) is 14.7 Å². The van der Waals surface area contributed by atoms with Crippen molar-refractivity contribution in [2.24, 2.45) is 0 Å². The first-order chi connectivity index (χ1) is 9.19. The van der Waals surface area contributed by atoms with Gasteiger partial charge in [-0.15, -0.1) is 0 Å². The van der Waals surface area contributed by atoms with Crippen molar-refractivity contribution in [3.8, 4) is 6.07 Å². The van der Waals surface area contributed by atoms with Gasteiger partial charge in [0.25, 0.3) is 5.91 Å². The number of carbonyl (C=O) groups excluding carboxylic acids is 2. The molecule has 1 aliphatic heterocycles. The SMILES string of the molecule is N#Cc1cccc(NC(=O)NC(=O)C2COCO2)c1. The Morgan fingerprint density at radius 3 is 2.95 bits per heavy atom. The van der Waals surface area contributed by atoms with Crippen LogP contribution in [0.4, 0.5) is 10.5 Å². The van der Waals surface area contributed by atoms with Gasteiger partial charge in [-0.05, 0) is 18.2 Å². The number of imide groups is 1. The van der Waals surface area contributed by atoms with Gasteiger partial charge in [0.15, 0.2) is 6.10 Å². The third kappa shape index (κ3) is 3.51. The van der Waals surface area contributed by atoms with E-state index in [0.29, 0.717) is 11.3 Å². The summed E-state index contributed by atoms with van der Waals surface area (Å²) in [6.07, 6.45) is -0.767. The number of hydrogen-bond acceptors (Lipinski definition) is 5. The van der Waals surface area contributed by atoms with E-state index >= 15 is 0 Å². The van der Waals surface area contributed by atoms with Crippen LogP contribution in [-0.2, 0) is 14.3 Å². The van der Waals surface area contributed by atoms with Crippen LogP contribution >= 0.6 is 0 Å². The lowest BCUT2D eigenvalue weighted by Gasteiger charge is -2.09. The quantitative estimate of drug-likeness (QED) is 0.811. The number of carbonyl (C=O) groups is 2. The molecule has 1 aromatic carbocycles. The van der Waals surface area contributed by atoms with E-state index < -0.39 is 18.0 Å². The molecule has 0 aliphatic carbocycles. The van der Waals surface area contributed by atoms with E-state index in [1.165, 1.54) is 6.07 Å². The van der Waals surface area contributed by atoms with Crippen LogP contribution in [0, 0.1) is 11.3 Å². The molecule has 0 radical (unpaired) electrons. The van der Waals surface area contributed by atoms with Gasteiger partial charge in [0.2, 0.25) is 0 Å². The van der Waals surface area contributed by atoms with Crippen molar-refractivity contribution in [3.63, 3.8) is 0 Å². The lowest BCUT2D eigenvalue weighted by atomic mass is 10.2. The summed E-state index contributed by atoms with van der Waals surface area (Å²) in [5, 5.41) is 13.3. The van der Waals surface area contributed by atoms with Crippen molar-refractivity contribution in [2.45, 2.75) is 6.10 Å². The molecule has 98 valence electrons. The zero-order valence-electron chi connectivity index (χ0n) is 9.88. The highest BCUT2D eigenvalue weighted by atomic mass is 16.7. The fourth-order valence-electron chi connectivity index (χ4n) is 1.51. The van der Waals surface area contributed by atoms with Crippen LogP contribution in [0.25, 0.3) is 0 Å². The molecule has 1 unspecified atom stereocenters. The van der Waals surface area contributed by atoms with E-state index in [1.54, 1.807) is 18.2 Å². The summed E-state index contributed by atoms with van der Waals surface area (Å²) in [4.78, 5) is 23.1. The van der Waals surface area contributed by atoms with Crippen LogP contribution in [0.15, 0.2) is 24.3 Å². The minimum atomic E-state index is -0.767. The highest BCUT2D eigenvalue weighted by Gasteiger charge is 2.25. The second kappa shape index (κ2) is 5.95. The summed E-state index contributed by atoms with van der Waals surface area (Å²) in [5.74, 6) is -0.563.